The number of nitriles is 1. The van der Waals surface area contributed by atoms with E-state index in [0.29, 0.717) is 51.0 Å². The molecule has 8 heteroatoms. The molecule has 1 atom stereocenters. The Kier molecular flexibility index (Phi) is 8.70. The number of hydrogen-bond acceptors (Lipinski definition) is 7. The lowest BCUT2D eigenvalue weighted by Gasteiger charge is -2.19. The van der Waals surface area contributed by atoms with Crippen LogP contribution >= 0.6 is 11.8 Å². The van der Waals surface area contributed by atoms with E-state index in [1.807, 2.05) is 98.8 Å². The number of hydrogen-bond donors (Lipinski definition) is 1. The number of nitrogens with zero attached hydrogens (tertiary/aromatic N) is 3. The van der Waals surface area contributed by atoms with Crippen LogP contribution < -0.4 is 14.8 Å². The number of para-hydroxylation sites is 1. The molecule has 42 heavy (non-hydrogen) atoms. The smallest absolute Gasteiger partial charge is 0.237 e. The summed E-state index contributed by atoms with van der Waals surface area (Å²) in [7, 11) is 3.19. The number of rotatable bonds is 9. The molecule has 0 bridgehead atoms. The Morgan fingerprint density at radius 1 is 0.952 bits per heavy atom. The third-order valence-corrected chi connectivity index (χ3v) is 8.23. The molecule has 5 aromatic rings. The van der Waals surface area contributed by atoms with Crippen molar-refractivity contribution >= 4 is 34.3 Å². The van der Waals surface area contributed by atoms with Gasteiger partial charge in [-0.2, -0.15) is 5.26 Å². The first-order valence-corrected chi connectivity index (χ1v) is 14.4. The molecule has 1 unspecified atom stereocenters. The average molecular weight is 575 g/mol. The molecule has 0 spiro atoms. The number of carbonyl (C=O) groups is 1. The second-order valence-electron chi connectivity index (χ2n) is 9.61. The van der Waals surface area contributed by atoms with Gasteiger partial charge in [-0.15, -0.1) is 0 Å². The molecule has 0 aliphatic heterocycles. The molecule has 210 valence electrons. The minimum Gasteiger partial charge on any atom is -0.497 e. The minimum atomic E-state index is -0.511. The van der Waals surface area contributed by atoms with Gasteiger partial charge in [0.2, 0.25) is 5.91 Å². The standard InChI is InChI=1S/C34H30N4O3S/c1-5-32(33(39)37-30-17-21(2)36-28-14-10-9-13-24(28)30)42-34-27(20-35)25(19-29(38-34)22-11-7-6-8-12-22)26-18-23(40-3)15-16-31(26)41-4/h6-19,32H,5H2,1-4H3,(H,36,37,39). The van der Waals surface area contributed by atoms with Gasteiger partial charge in [-0.1, -0.05) is 67.2 Å². The van der Waals surface area contributed by atoms with Crippen LogP contribution in [0, 0.1) is 18.3 Å². The van der Waals surface area contributed by atoms with Gasteiger partial charge in [0.05, 0.1) is 41.9 Å². The van der Waals surface area contributed by atoms with Crippen molar-refractivity contribution in [1.29, 1.82) is 5.26 Å². The maximum absolute atomic E-state index is 13.7. The van der Waals surface area contributed by atoms with Gasteiger partial charge in [0.1, 0.15) is 22.6 Å². The van der Waals surface area contributed by atoms with Crippen molar-refractivity contribution in [3.05, 3.63) is 96.2 Å². The van der Waals surface area contributed by atoms with E-state index in [1.165, 1.54) is 11.8 Å². The molecule has 0 fully saturated rings. The van der Waals surface area contributed by atoms with Gasteiger partial charge >= 0.3 is 0 Å². The third-order valence-electron chi connectivity index (χ3n) is 6.88. The number of nitrogens with one attached hydrogen (secondary N) is 1. The van der Waals surface area contributed by atoms with E-state index in [0.717, 1.165) is 22.2 Å². The monoisotopic (exact) mass is 574 g/mol. The number of pyridine rings is 2. The fourth-order valence-corrected chi connectivity index (χ4v) is 5.82. The summed E-state index contributed by atoms with van der Waals surface area (Å²) in [6.07, 6.45) is 0.526. The Morgan fingerprint density at radius 3 is 2.43 bits per heavy atom. The molecule has 2 aromatic heterocycles. The number of anilines is 1. The fraction of sp³-hybridized carbons (Fsp3) is 0.176. The zero-order valence-corrected chi connectivity index (χ0v) is 24.7. The van der Waals surface area contributed by atoms with E-state index >= 15 is 0 Å². The summed E-state index contributed by atoms with van der Waals surface area (Å²) in [5.74, 6) is 1.06. The Bertz CT molecular complexity index is 1800. The summed E-state index contributed by atoms with van der Waals surface area (Å²) in [4.78, 5) is 23.2. The quantitative estimate of drug-likeness (QED) is 0.180. The first kappa shape index (κ1) is 28.7. The first-order chi connectivity index (χ1) is 20.4. The van der Waals surface area contributed by atoms with Crippen LogP contribution in [0.15, 0.2) is 90.0 Å². The van der Waals surface area contributed by atoms with Gasteiger partial charge in [0.15, 0.2) is 0 Å². The highest BCUT2D eigenvalue weighted by atomic mass is 32.2. The predicted octanol–water partition coefficient (Wildman–Crippen LogP) is 7.67. The summed E-state index contributed by atoms with van der Waals surface area (Å²) in [6, 6.07) is 29.1. The van der Waals surface area contributed by atoms with E-state index < -0.39 is 5.25 Å². The van der Waals surface area contributed by atoms with E-state index in [4.69, 9.17) is 14.5 Å². The number of amides is 1. The lowest BCUT2D eigenvalue weighted by molar-refractivity contribution is -0.115. The van der Waals surface area contributed by atoms with Crippen LogP contribution in [0.3, 0.4) is 0 Å². The Balaban J connectivity index is 1.60. The van der Waals surface area contributed by atoms with Crippen molar-refractivity contribution in [2.45, 2.75) is 30.5 Å². The van der Waals surface area contributed by atoms with Gasteiger partial charge in [-0.05, 0) is 49.7 Å². The summed E-state index contributed by atoms with van der Waals surface area (Å²) in [5.41, 5.74) is 5.62. The van der Waals surface area contributed by atoms with Crippen molar-refractivity contribution in [2.75, 3.05) is 19.5 Å². The molecule has 7 nitrogen and oxygen atoms in total. The van der Waals surface area contributed by atoms with Crippen molar-refractivity contribution in [3.63, 3.8) is 0 Å². The van der Waals surface area contributed by atoms with Crippen molar-refractivity contribution in [1.82, 2.24) is 9.97 Å². The van der Waals surface area contributed by atoms with E-state index in [-0.39, 0.29) is 5.91 Å². The molecular weight excluding hydrogens is 544 g/mol. The van der Waals surface area contributed by atoms with Crippen molar-refractivity contribution < 1.29 is 14.3 Å². The van der Waals surface area contributed by atoms with Gasteiger partial charge in [-0.25, -0.2) is 4.98 Å². The van der Waals surface area contributed by atoms with Crippen LogP contribution in [0.4, 0.5) is 5.69 Å². The number of aryl methyl sites for hydroxylation is 1. The van der Waals surface area contributed by atoms with E-state index in [2.05, 4.69) is 16.4 Å². The molecule has 3 aromatic carbocycles. The zero-order chi connectivity index (χ0) is 29.6. The van der Waals surface area contributed by atoms with E-state index in [9.17, 15) is 10.1 Å². The molecule has 2 heterocycles. The molecule has 0 saturated heterocycles. The molecular formula is C34H30N4O3S. The number of benzene rings is 3. The van der Waals surface area contributed by atoms with Crippen LogP contribution in [-0.2, 0) is 4.79 Å². The second kappa shape index (κ2) is 12.8. The zero-order valence-electron chi connectivity index (χ0n) is 23.8. The highest BCUT2D eigenvalue weighted by Gasteiger charge is 2.25. The predicted molar refractivity (Wildman–Crippen MR) is 168 cm³/mol. The number of carbonyl (C=O) groups excluding carboxylic acids is 1. The van der Waals surface area contributed by atoms with Gasteiger partial charge in [-0.3, -0.25) is 9.78 Å². The van der Waals surface area contributed by atoms with Crippen LogP contribution in [0.1, 0.15) is 24.6 Å². The normalized spacial score (nSPS) is 11.5. The minimum absolute atomic E-state index is 0.172. The highest BCUT2D eigenvalue weighted by Crippen LogP contribution is 2.41. The summed E-state index contributed by atoms with van der Waals surface area (Å²) >= 11 is 1.28. The van der Waals surface area contributed by atoms with Gasteiger partial charge in [0.25, 0.3) is 0 Å². The van der Waals surface area contributed by atoms with Crippen molar-refractivity contribution in [2.24, 2.45) is 0 Å². The molecule has 0 saturated carbocycles. The summed E-state index contributed by atoms with van der Waals surface area (Å²) < 4.78 is 11.2. The maximum atomic E-state index is 13.7. The first-order valence-electron chi connectivity index (χ1n) is 13.5. The Morgan fingerprint density at radius 2 is 1.71 bits per heavy atom. The molecule has 5 rings (SSSR count). The van der Waals surface area contributed by atoms with Crippen LogP contribution in [0.5, 0.6) is 11.5 Å². The summed E-state index contributed by atoms with van der Waals surface area (Å²) in [6.45, 7) is 3.85. The number of aromatic nitrogens is 2. The van der Waals surface area contributed by atoms with Gasteiger partial charge < -0.3 is 14.8 Å². The largest absolute Gasteiger partial charge is 0.497 e. The summed E-state index contributed by atoms with van der Waals surface area (Å²) in [5, 5.41) is 14.4. The number of methoxy groups -OCH3 is 2. The van der Waals surface area contributed by atoms with Crippen LogP contribution in [0.25, 0.3) is 33.3 Å². The number of ether oxygens (including phenoxy) is 2. The third kappa shape index (κ3) is 5.92. The molecule has 1 N–H and O–H groups in total. The fourth-order valence-electron chi connectivity index (χ4n) is 4.79. The van der Waals surface area contributed by atoms with Crippen molar-refractivity contribution in [3.8, 4) is 40.0 Å². The number of fused-ring (bicyclic) bond motifs is 1. The lowest BCUT2D eigenvalue weighted by Crippen LogP contribution is -2.25. The Hall–Kier alpha value is -4.87. The molecule has 0 aliphatic rings. The molecule has 0 radical (unpaired) electrons. The molecule has 1 amide bonds. The lowest BCUT2D eigenvalue weighted by atomic mass is 9.98. The topological polar surface area (TPSA) is 97.1 Å². The second-order valence-corrected chi connectivity index (χ2v) is 10.8. The van der Waals surface area contributed by atoms with Crippen LogP contribution in [-0.4, -0.2) is 35.3 Å². The number of thioether (sulfide) groups is 1. The van der Waals surface area contributed by atoms with Gasteiger partial charge in [0, 0.05) is 27.8 Å². The SMILES string of the molecule is CCC(Sc1nc(-c2ccccc2)cc(-c2cc(OC)ccc2OC)c1C#N)C(=O)Nc1cc(C)nc2ccccc12. The Labute approximate surface area is 249 Å². The van der Waals surface area contributed by atoms with E-state index in [1.54, 1.807) is 14.2 Å². The molecule has 0 aliphatic carbocycles. The average Bonchev–Trinajstić information content (AvgIpc) is 3.03. The maximum Gasteiger partial charge on any atom is 0.237 e. The van der Waals surface area contributed by atoms with Crippen LogP contribution in [0.2, 0.25) is 0 Å². The highest BCUT2D eigenvalue weighted by molar-refractivity contribution is 8.00.